The topological polar surface area (TPSA) is 69.5 Å². The number of nitrogens with zero attached hydrogens (tertiary/aromatic N) is 1. The fourth-order valence-electron chi connectivity index (χ4n) is 2.38. The molecule has 6 heteroatoms. The lowest BCUT2D eigenvalue weighted by Crippen LogP contribution is -2.91. The predicted octanol–water partition coefficient (Wildman–Crippen LogP) is 2.49. The minimum Gasteiger partial charge on any atom is -0.330 e. The molecule has 1 amide bonds. The van der Waals surface area contributed by atoms with Crippen LogP contribution in [0.5, 0.6) is 0 Å². The van der Waals surface area contributed by atoms with Gasteiger partial charge in [0.1, 0.15) is 17.7 Å². The van der Waals surface area contributed by atoms with Crippen LogP contribution in [0, 0.1) is 23.0 Å². The summed E-state index contributed by atoms with van der Waals surface area (Å²) in [5, 5.41) is 13.2. The second-order valence-electron chi connectivity index (χ2n) is 5.61. The van der Waals surface area contributed by atoms with Crippen LogP contribution >= 0.6 is 0 Å². The maximum Gasteiger partial charge on any atom is 0.282 e. The van der Waals surface area contributed by atoms with Crippen molar-refractivity contribution in [2.24, 2.45) is 0 Å². The summed E-state index contributed by atoms with van der Waals surface area (Å²) >= 11 is 0. The first kappa shape index (κ1) is 17.6. The molecular formula is C18H18F2N3O+. The summed E-state index contributed by atoms with van der Waals surface area (Å²) < 4.78 is 26.7. The Balaban J connectivity index is 1.98. The van der Waals surface area contributed by atoms with Gasteiger partial charge in [0.2, 0.25) is 0 Å². The number of benzene rings is 2. The van der Waals surface area contributed by atoms with E-state index in [9.17, 15) is 13.6 Å². The van der Waals surface area contributed by atoms with Crippen LogP contribution in [0.3, 0.4) is 0 Å². The predicted molar refractivity (Wildman–Crippen MR) is 85.9 cm³/mol. The van der Waals surface area contributed by atoms with Crippen LogP contribution in [0.4, 0.5) is 14.5 Å². The van der Waals surface area contributed by atoms with Crippen LogP contribution in [0.2, 0.25) is 0 Å². The van der Waals surface area contributed by atoms with E-state index in [1.807, 2.05) is 6.07 Å². The number of carbonyl (C=O) groups is 1. The van der Waals surface area contributed by atoms with Gasteiger partial charge in [-0.3, -0.25) is 4.79 Å². The van der Waals surface area contributed by atoms with Crippen molar-refractivity contribution in [2.75, 3.05) is 5.32 Å². The van der Waals surface area contributed by atoms with E-state index in [0.717, 1.165) is 6.07 Å². The quantitative estimate of drug-likeness (QED) is 0.884. The fraction of sp³-hybridized carbons (Fsp3) is 0.222. The number of rotatable bonds is 5. The zero-order valence-corrected chi connectivity index (χ0v) is 13.4. The molecule has 0 spiro atoms. The first-order chi connectivity index (χ1) is 11.4. The van der Waals surface area contributed by atoms with Crippen LogP contribution in [0.25, 0.3) is 0 Å². The van der Waals surface area contributed by atoms with Crippen molar-refractivity contribution in [3.05, 3.63) is 65.2 Å². The van der Waals surface area contributed by atoms with Crippen LogP contribution in [0.1, 0.15) is 31.0 Å². The highest BCUT2D eigenvalue weighted by Gasteiger charge is 2.22. The number of hydrogen-bond donors (Lipinski definition) is 2. The molecule has 0 bridgehead atoms. The molecule has 0 radical (unpaired) electrons. The molecule has 0 aliphatic heterocycles. The van der Waals surface area contributed by atoms with Crippen LogP contribution in [-0.2, 0) is 4.79 Å². The van der Waals surface area contributed by atoms with Gasteiger partial charge in [0.25, 0.3) is 5.91 Å². The lowest BCUT2D eigenvalue weighted by atomic mass is 10.1. The molecule has 4 nitrogen and oxygen atoms in total. The SMILES string of the molecule is C[C@@H]([NH2+][C@H](C)c1ccc(F)cc1F)C(=O)Nc1ccc(C#N)cc1. The molecule has 3 N–H and O–H groups in total. The van der Waals surface area contributed by atoms with Crippen LogP contribution in [-0.4, -0.2) is 11.9 Å². The number of nitrogens with two attached hydrogens (primary N) is 1. The maximum absolute atomic E-state index is 13.8. The lowest BCUT2D eigenvalue weighted by molar-refractivity contribution is -0.710. The monoisotopic (exact) mass is 330 g/mol. The van der Waals surface area contributed by atoms with Crippen molar-refractivity contribution in [2.45, 2.75) is 25.9 Å². The second-order valence-corrected chi connectivity index (χ2v) is 5.61. The van der Waals surface area contributed by atoms with Crippen LogP contribution in [0.15, 0.2) is 42.5 Å². The largest absolute Gasteiger partial charge is 0.330 e. The number of carbonyl (C=O) groups excluding carboxylic acids is 1. The van der Waals surface area contributed by atoms with E-state index in [2.05, 4.69) is 5.32 Å². The molecule has 24 heavy (non-hydrogen) atoms. The molecule has 2 aromatic rings. The molecule has 0 aliphatic carbocycles. The Hall–Kier alpha value is -2.78. The van der Waals surface area contributed by atoms with Gasteiger partial charge in [0, 0.05) is 17.3 Å². The van der Waals surface area contributed by atoms with Gasteiger partial charge >= 0.3 is 0 Å². The molecule has 0 saturated carbocycles. The van der Waals surface area contributed by atoms with Gasteiger partial charge in [-0.15, -0.1) is 0 Å². The average Bonchev–Trinajstić information content (AvgIpc) is 2.55. The highest BCUT2D eigenvalue weighted by Crippen LogP contribution is 2.15. The molecule has 2 rings (SSSR count). The number of nitriles is 1. The van der Waals surface area contributed by atoms with Crippen molar-refractivity contribution in [3.8, 4) is 6.07 Å². The standard InChI is InChI=1S/C18H17F2N3O/c1-11(16-8-5-14(19)9-17(16)20)22-12(2)18(24)23-15-6-3-13(10-21)4-7-15/h3-9,11-12,22H,1-2H3,(H,23,24)/p+1/t11-,12-/m1/s1. The normalized spacial score (nSPS) is 13.0. The molecule has 0 saturated heterocycles. The van der Waals surface area contributed by atoms with Gasteiger partial charge in [-0.05, 0) is 50.2 Å². The van der Waals surface area contributed by atoms with Crippen molar-refractivity contribution in [3.63, 3.8) is 0 Å². The molecule has 2 atom stereocenters. The third kappa shape index (κ3) is 4.37. The number of halogens is 2. The summed E-state index contributed by atoms with van der Waals surface area (Å²) in [6.45, 7) is 3.46. The van der Waals surface area contributed by atoms with E-state index in [1.165, 1.54) is 12.1 Å². The molecule has 2 aromatic carbocycles. The first-order valence-electron chi connectivity index (χ1n) is 7.51. The molecule has 0 aromatic heterocycles. The highest BCUT2D eigenvalue weighted by molar-refractivity contribution is 5.93. The maximum atomic E-state index is 13.8. The number of hydrogen-bond acceptors (Lipinski definition) is 2. The smallest absolute Gasteiger partial charge is 0.282 e. The van der Waals surface area contributed by atoms with E-state index in [4.69, 9.17) is 5.26 Å². The first-order valence-corrected chi connectivity index (χ1v) is 7.51. The van der Waals surface area contributed by atoms with E-state index < -0.39 is 17.7 Å². The Bertz CT molecular complexity index is 769. The minimum absolute atomic E-state index is 0.242. The van der Waals surface area contributed by atoms with E-state index >= 15 is 0 Å². The van der Waals surface area contributed by atoms with E-state index in [-0.39, 0.29) is 11.9 Å². The Labute approximate surface area is 139 Å². The minimum atomic E-state index is -0.630. The lowest BCUT2D eigenvalue weighted by Gasteiger charge is -2.17. The fourth-order valence-corrected chi connectivity index (χ4v) is 2.38. The third-order valence-electron chi connectivity index (χ3n) is 3.73. The number of nitrogens with one attached hydrogen (secondary N) is 1. The molecule has 0 heterocycles. The highest BCUT2D eigenvalue weighted by atomic mass is 19.1. The van der Waals surface area contributed by atoms with Crippen molar-refractivity contribution in [1.82, 2.24) is 0 Å². The summed E-state index contributed by atoms with van der Waals surface area (Å²) in [5.74, 6) is -1.50. The average molecular weight is 330 g/mol. The zero-order chi connectivity index (χ0) is 17.7. The van der Waals surface area contributed by atoms with Crippen molar-refractivity contribution >= 4 is 11.6 Å². The van der Waals surface area contributed by atoms with Gasteiger partial charge < -0.3 is 10.6 Å². The Morgan fingerprint density at radius 3 is 2.42 bits per heavy atom. The van der Waals surface area contributed by atoms with Gasteiger partial charge in [-0.1, -0.05) is 0 Å². The molecule has 0 aliphatic rings. The van der Waals surface area contributed by atoms with Gasteiger partial charge in [0.05, 0.1) is 11.6 Å². The van der Waals surface area contributed by atoms with Gasteiger partial charge in [0.15, 0.2) is 6.04 Å². The van der Waals surface area contributed by atoms with E-state index in [0.29, 0.717) is 16.8 Å². The Morgan fingerprint density at radius 2 is 1.83 bits per heavy atom. The Kier molecular flexibility index (Phi) is 5.61. The molecule has 0 fully saturated rings. The van der Waals surface area contributed by atoms with Gasteiger partial charge in [-0.2, -0.15) is 5.26 Å². The van der Waals surface area contributed by atoms with Crippen molar-refractivity contribution < 1.29 is 18.9 Å². The number of amides is 1. The van der Waals surface area contributed by atoms with Gasteiger partial charge in [-0.25, -0.2) is 8.78 Å². The number of quaternary nitrogens is 1. The summed E-state index contributed by atoms with van der Waals surface area (Å²) in [7, 11) is 0. The van der Waals surface area contributed by atoms with Crippen molar-refractivity contribution in [1.29, 1.82) is 5.26 Å². The van der Waals surface area contributed by atoms with Crippen LogP contribution < -0.4 is 10.6 Å². The molecule has 0 unspecified atom stereocenters. The summed E-state index contributed by atoms with van der Waals surface area (Å²) in [6.07, 6.45) is 0. The Morgan fingerprint density at radius 1 is 1.17 bits per heavy atom. The summed E-state index contributed by atoms with van der Waals surface area (Å²) in [4.78, 5) is 12.2. The third-order valence-corrected chi connectivity index (χ3v) is 3.73. The number of anilines is 1. The molecular weight excluding hydrogens is 312 g/mol. The molecule has 124 valence electrons. The second kappa shape index (κ2) is 7.66. The summed E-state index contributed by atoms with van der Waals surface area (Å²) in [6, 6.07) is 11.1. The summed E-state index contributed by atoms with van der Waals surface area (Å²) in [5.41, 5.74) is 1.43. The zero-order valence-electron chi connectivity index (χ0n) is 13.4. The van der Waals surface area contributed by atoms with E-state index in [1.54, 1.807) is 43.4 Å².